The molecule has 1 aromatic rings. The van der Waals surface area contributed by atoms with Gasteiger partial charge in [-0.2, -0.15) is 0 Å². The number of para-hydroxylation sites is 1. The summed E-state index contributed by atoms with van der Waals surface area (Å²) in [6.45, 7) is 4.73. The van der Waals surface area contributed by atoms with Gasteiger partial charge >= 0.3 is 0 Å². The largest absolute Gasteiger partial charge is 0.391 e. The van der Waals surface area contributed by atoms with Gasteiger partial charge < -0.3 is 10.0 Å². The van der Waals surface area contributed by atoms with Gasteiger partial charge in [-0.05, 0) is 24.0 Å². The molecule has 3 nitrogen and oxygen atoms in total. The summed E-state index contributed by atoms with van der Waals surface area (Å²) < 4.78 is 0. The van der Waals surface area contributed by atoms with E-state index in [4.69, 9.17) is 0 Å². The van der Waals surface area contributed by atoms with Crippen molar-refractivity contribution in [2.24, 2.45) is 0 Å². The summed E-state index contributed by atoms with van der Waals surface area (Å²) >= 11 is 0. The number of aliphatic hydroxyl groups excluding tert-OH is 1. The van der Waals surface area contributed by atoms with Crippen LogP contribution in [-0.4, -0.2) is 23.7 Å². The Bertz CT molecular complexity index is 416. The van der Waals surface area contributed by atoms with Crippen molar-refractivity contribution in [2.75, 3.05) is 11.4 Å². The second kappa shape index (κ2) is 4.88. The first kappa shape index (κ1) is 12.1. The summed E-state index contributed by atoms with van der Waals surface area (Å²) in [7, 11) is 0. The Labute approximate surface area is 102 Å². The van der Waals surface area contributed by atoms with Crippen LogP contribution in [0.25, 0.3) is 0 Å². The van der Waals surface area contributed by atoms with E-state index in [1.165, 1.54) is 5.56 Å². The van der Waals surface area contributed by atoms with Crippen LogP contribution in [0.4, 0.5) is 5.69 Å². The highest BCUT2D eigenvalue weighted by atomic mass is 16.3. The second-order valence-corrected chi connectivity index (χ2v) is 4.73. The van der Waals surface area contributed by atoms with E-state index >= 15 is 0 Å². The summed E-state index contributed by atoms with van der Waals surface area (Å²) in [6.07, 6.45) is 0.767. The average Bonchev–Trinajstić information content (AvgIpc) is 2.67. The monoisotopic (exact) mass is 233 g/mol. The predicted octanol–water partition coefficient (Wildman–Crippen LogP) is 2.30. The maximum absolute atomic E-state index is 11.8. The molecule has 17 heavy (non-hydrogen) atoms. The first-order valence-electron chi connectivity index (χ1n) is 6.20. The summed E-state index contributed by atoms with van der Waals surface area (Å²) in [5, 5.41) is 9.56. The second-order valence-electron chi connectivity index (χ2n) is 4.73. The molecule has 1 aliphatic heterocycles. The maximum atomic E-state index is 11.8. The van der Waals surface area contributed by atoms with E-state index in [9.17, 15) is 9.90 Å². The highest BCUT2D eigenvalue weighted by Gasteiger charge is 2.30. The fourth-order valence-corrected chi connectivity index (χ4v) is 2.29. The van der Waals surface area contributed by atoms with Gasteiger partial charge in [-0.3, -0.25) is 4.79 Å². The Kier molecular flexibility index (Phi) is 3.48. The molecule has 0 spiro atoms. The molecule has 0 aliphatic carbocycles. The molecule has 1 amide bonds. The number of amides is 1. The molecular formula is C14H19NO2. The van der Waals surface area contributed by atoms with Crippen molar-refractivity contribution >= 4 is 11.6 Å². The molecule has 2 rings (SSSR count). The van der Waals surface area contributed by atoms with Crippen LogP contribution >= 0.6 is 0 Å². The van der Waals surface area contributed by atoms with Gasteiger partial charge in [0.1, 0.15) is 0 Å². The molecule has 0 aromatic heterocycles. The lowest BCUT2D eigenvalue weighted by atomic mass is 9.96. The molecule has 0 saturated carbocycles. The van der Waals surface area contributed by atoms with E-state index in [1.54, 1.807) is 4.90 Å². The van der Waals surface area contributed by atoms with Crippen molar-refractivity contribution in [1.82, 2.24) is 0 Å². The first-order valence-corrected chi connectivity index (χ1v) is 6.20. The summed E-state index contributed by atoms with van der Waals surface area (Å²) in [5.74, 6) is 0.449. The summed E-state index contributed by atoms with van der Waals surface area (Å²) in [5.41, 5.74) is 2.15. The van der Waals surface area contributed by atoms with Gasteiger partial charge in [0.25, 0.3) is 0 Å². The minimum absolute atomic E-state index is 0.0215. The molecule has 92 valence electrons. The Morgan fingerprint density at radius 3 is 2.76 bits per heavy atom. The number of nitrogens with zero attached hydrogens (tertiary/aromatic N) is 1. The molecule has 0 radical (unpaired) electrons. The quantitative estimate of drug-likeness (QED) is 0.870. The van der Waals surface area contributed by atoms with Crippen molar-refractivity contribution in [3.05, 3.63) is 29.8 Å². The number of anilines is 1. The average molecular weight is 233 g/mol. The highest BCUT2D eigenvalue weighted by Crippen LogP contribution is 2.31. The van der Waals surface area contributed by atoms with Gasteiger partial charge in [-0.25, -0.2) is 0 Å². The molecule has 1 fully saturated rings. The number of benzene rings is 1. The van der Waals surface area contributed by atoms with Crippen LogP contribution in [0, 0.1) is 0 Å². The molecule has 0 bridgehead atoms. The number of hydrogen-bond donors (Lipinski definition) is 1. The number of carbonyl (C=O) groups excluding carboxylic acids is 1. The van der Waals surface area contributed by atoms with Gasteiger partial charge in [0.15, 0.2) is 0 Å². The number of β-amino-alcohol motifs (C(OH)–C–C–N with tert-alkyl or cyclic N) is 1. The molecule has 2 atom stereocenters. The van der Waals surface area contributed by atoms with Crippen LogP contribution in [0.3, 0.4) is 0 Å². The molecule has 3 heteroatoms. The summed E-state index contributed by atoms with van der Waals surface area (Å²) in [6, 6.07) is 7.99. The molecule has 1 aromatic carbocycles. The lowest BCUT2D eigenvalue weighted by Gasteiger charge is -2.22. The van der Waals surface area contributed by atoms with Gasteiger partial charge in [0.05, 0.1) is 19.1 Å². The zero-order valence-corrected chi connectivity index (χ0v) is 10.4. The maximum Gasteiger partial charge on any atom is 0.229 e. The molecule has 1 aliphatic rings. The molecular weight excluding hydrogens is 214 g/mol. The lowest BCUT2D eigenvalue weighted by molar-refractivity contribution is -0.117. The van der Waals surface area contributed by atoms with E-state index in [2.05, 4.69) is 19.9 Å². The van der Waals surface area contributed by atoms with E-state index in [-0.39, 0.29) is 12.3 Å². The van der Waals surface area contributed by atoms with Crippen molar-refractivity contribution < 1.29 is 9.90 Å². The van der Waals surface area contributed by atoms with Gasteiger partial charge in [-0.1, -0.05) is 32.0 Å². The van der Waals surface area contributed by atoms with E-state index in [1.807, 2.05) is 18.2 Å². The molecule has 2 unspecified atom stereocenters. The third-order valence-electron chi connectivity index (χ3n) is 3.48. The van der Waals surface area contributed by atoms with E-state index < -0.39 is 6.10 Å². The highest BCUT2D eigenvalue weighted by molar-refractivity contribution is 5.96. The van der Waals surface area contributed by atoms with E-state index in [0.29, 0.717) is 12.5 Å². The number of hydrogen-bond acceptors (Lipinski definition) is 2. The number of rotatable bonds is 3. The van der Waals surface area contributed by atoms with Crippen molar-refractivity contribution in [3.8, 4) is 0 Å². The van der Waals surface area contributed by atoms with E-state index in [0.717, 1.165) is 12.1 Å². The Balaban J connectivity index is 2.35. The number of aliphatic hydroxyl groups is 1. The first-order chi connectivity index (χ1) is 8.13. The van der Waals surface area contributed by atoms with Gasteiger partial charge in [0.2, 0.25) is 5.91 Å². The predicted molar refractivity (Wildman–Crippen MR) is 68.1 cm³/mol. The fraction of sp³-hybridized carbons (Fsp3) is 0.500. The van der Waals surface area contributed by atoms with Crippen molar-refractivity contribution in [1.29, 1.82) is 0 Å². The lowest BCUT2D eigenvalue weighted by Crippen LogP contribution is -2.26. The third kappa shape index (κ3) is 2.34. The third-order valence-corrected chi connectivity index (χ3v) is 3.48. The summed E-state index contributed by atoms with van der Waals surface area (Å²) in [4.78, 5) is 13.5. The van der Waals surface area contributed by atoms with Crippen LogP contribution in [-0.2, 0) is 4.79 Å². The van der Waals surface area contributed by atoms with Crippen LogP contribution in [0.1, 0.15) is 38.2 Å². The minimum Gasteiger partial charge on any atom is -0.391 e. The van der Waals surface area contributed by atoms with Crippen LogP contribution in [0.2, 0.25) is 0 Å². The molecule has 1 saturated heterocycles. The zero-order valence-electron chi connectivity index (χ0n) is 10.4. The normalized spacial score (nSPS) is 21.9. The Morgan fingerprint density at radius 2 is 2.18 bits per heavy atom. The van der Waals surface area contributed by atoms with Crippen LogP contribution in [0.5, 0.6) is 0 Å². The van der Waals surface area contributed by atoms with Crippen molar-refractivity contribution in [3.63, 3.8) is 0 Å². The van der Waals surface area contributed by atoms with Crippen LogP contribution in [0.15, 0.2) is 24.3 Å². The number of carbonyl (C=O) groups is 1. The molecule has 1 N–H and O–H groups in total. The van der Waals surface area contributed by atoms with Gasteiger partial charge in [-0.15, -0.1) is 0 Å². The Hall–Kier alpha value is -1.35. The standard InChI is InChI=1S/C14H19NO2/c1-3-10(2)12-6-4-5-7-13(12)15-9-11(16)8-14(15)17/h4-7,10-11,16H,3,8-9H2,1-2H3. The van der Waals surface area contributed by atoms with Crippen LogP contribution < -0.4 is 4.90 Å². The topological polar surface area (TPSA) is 40.5 Å². The zero-order chi connectivity index (χ0) is 12.4. The van der Waals surface area contributed by atoms with Gasteiger partial charge in [0, 0.05) is 5.69 Å². The fourth-order valence-electron chi connectivity index (χ4n) is 2.29. The smallest absolute Gasteiger partial charge is 0.229 e. The SMILES string of the molecule is CCC(C)c1ccccc1N1CC(O)CC1=O. The Morgan fingerprint density at radius 1 is 1.47 bits per heavy atom. The van der Waals surface area contributed by atoms with Crippen molar-refractivity contribution in [2.45, 2.75) is 38.7 Å². The molecule has 1 heterocycles. The minimum atomic E-state index is -0.521.